The summed E-state index contributed by atoms with van der Waals surface area (Å²) in [4.78, 5) is 8.44. The minimum Gasteiger partial charge on any atom is -0.355 e. The van der Waals surface area contributed by atoms with Gasteiger partial charge in [-0.05, 0) is 24.8 Å². The molecule has 2 aromatic heterocycles. The Morgan fingerprint density at radius 1 is 1.29 bits per heavy atom. The van der Waals surface area contributed by atoms with E-state index in [0.29, 0.717) is 12.0 Å². The van der Waals surface area contributed by atoms with Crippen LogP contribution in [0.15, 0.2) is 11.6 Å². The van der Waals surface area contributed by atoms with E-state index in [1.165, 1.54) is 37.2 Å². The number of nitrogens with zero attached hydrogens (tertiary/aromatic N) is 3. The van der Waals surface area contributed by atoms with Crippen molar-refractivity contribution >= 4 is 22.1 Å². The maximum Gasteiger partial charge on any atom is 0.195 e. The van der Waals surface area contributed by atoms with Crippen molar-refractivity contribution in [1.29, 1.82) is 0 Å². The van der Waals surface area contributed by atoms with E-state index in [1.807, 2.05) is 0 Å². The molecule has 4 nitrogen and oxygen atoms in total. The van der Waals surface area contributed by atoms with Crippen LogP contribution in [0.1, 0.15) is 45.2 Å². The van der Waals surface area contributed by atoms with Gasteiger partial charge in [-0.3, -0.25) is 4.40 Å². The number of anilines is 1. The van der Waals surface area contributed by atoms with Gasteiger partial charge in [0.15, 0.2) is 10.8 Å². The SMILES string of the molecule is CCC1(CC)CCN(c2nc3sccn3c2CCN)CC1. The van der Waals surface area contributed by atoms with Gasteiger partial charge in [-0.25, -0.2) is 4.98 Å². The third kappa shape index (κ3) is 2.57. The summed E-state index contributed by atoms with van der Waals surface area (Å²) in [6.45, 7) is 7.61. The quantitative estimate of drug-likeness (QED) is 0.922. The molecule has 0 unspecified atom stereocenters. The number of aromatic nitrogens is 2. The molecule has 1 aliphatic heterocycles. The van der Waals surface area contributed by atoms with Crippen molar-refractivity contribution < 1.29 is 0 Å². The first-order valence-corrected chi connectivity index (χ1v) is 9.00. The van der Waals surface area contributed by atoms with Crippen molar-refractivity contribution in [2.24, 2.45) is 11.1 Å². The molecule has 0 aromatic carbocycles. The number of hydrogen-bond acceptors (Lipinski definition) is 4. The van der Waals surface area contributed by atoms with Crippen LogP contribution in [0.5, 0.6) is 0 Å². The first-order valence-electron chi connectivity index (χ1n) is 8.12. The smallest absolute Gasteiger partial charge is 0.195 e. The minimum absolute atomic E-state index is 0.557. The second-order valence-electron chi connectivity index (χ2n) is 6.17. The Hall–Kier alpha value is -1.07. The van der Waals surface area contributed by atoms with Gasteiger partial charge in [0.2, 0.25) is 0 Å². The third-order valence-corrected chi connectivity index (χ3v) is 6.10. The summed E-state index contributed by atoms with van der Waals surface area (Å²) in [6.07, 6.45) is 8.18. The molecule has 1 aliphatic rings. The van der Waals surface area contributed by atoms with Crippen LogP contribution in [0.3, 0.4) is 0 Å². The molecule has 1 fully saturated rings. The molecule has 3 heterocycles. The maximum absolute atomic E-state index is 5.81. The Kier molecular flexibility index (Phi) is 4.22. The fourth-order valence-electron chi connectivity index (χ4n) is 3.59. The summed E-state index contributed by atoms with van der Waals surface area (Å²) in [7, 11) is 0. The van der Waals surface area contributed by atoms with E-state index in [9.17, 15) is 0 Å². The predicted octanol–water partition coefficient (Wildman–Crippen LogP) is 3.30. The fraction of sp³-hybridized carbons (Fsp3) is 0.688. The van der Waals surface area contributed by atoms with E-state index < -0.39 is 0 Å². The monoisotopic (exact) mass is 306 g/mol. The lowest BCUT2D eigenvalue weighted by Crippen LogP contribution is -2.40. The molecule has 3 rings (SSSR count). The van der Waals surface area contributed by atoms with Gasteiger partial charge in [0.05, 0.1) is 5.69 Å². The molecule has 0 bridgehead atoms. The highest BCUT2D eigenvalue weighted by Crippen LogP contribution is 2.39. The fourth-order valence-corrected chi connectivity index (χ4v) is 4.32. The van der Waals surface area contributed by atoms with Crippen molar-refractivity contribution in [2.45, 2.75) is 46.0 Å². The van der Waals surface area contributed by atoms with Gasteiger partial charge in [0, 0.05) is 31.1 Å². The van der Waals surface area contributed by atoms with Crippen LogP contribution in [-0.2, 0) is 6.42 Å². The molecule has 0 spiro atoms. The molecule has 0 saturated carbocycles. The minimum atomic E-state index is 0.557. The molecule has 0 radical (unpaired) electrons. The number of thiazole rings is 1. The molecule has 21 heavy (non-hydrogen) atoms. The average Bonchev–Trinajstić information content (AvgIpc) is 3.10. The van der Waals surface area contributed by atoms with Crippen LogP contribution in [0.2, 0.25) is 0 Å². The van der Waals surface area contributed by atoms with Crippen LogP contribution in [0.25, 0.3) is 4.96 Å². The number of hydrogen-bond donors (Lipinski definition) is 1. The largest absolute Gasteiger partial charge is 0.355 e. The Balaban J connectivity index is 1.85. The first kappa shape index (κ1) is 14.9. The average molecular weight is 306 g/mol. The number of imidazole rings is 1. The van der Waals surface area contributed by atoms with Gasteiger partial charge in [0.1, 0.15) is 0 Å². The summed E-state index contributed by atoms with van der Waals surface area (Å²) >= 11 is 1.71. The van der Waals surface area contributed by atoms with Gasteiger partial charge >= 0.3 is 0 Å². The van der Waals surface area contributed by atoms with Crippen LogP contribution < -0.4 is 10.6 Å². The Morgan fingerprint density at radius 3 is 2.62 bits per heavy atom. The lowest BCUT2D eigenvalue weighted by Gasteiger charge is -2.41. The standard InChI is InChI=1S/C16H26N4S/c1-3-16(4-2)6-9-19(10-7-16)14-13(5-8-17)20-11-12-21-15(20)18-14/h11-12H,3-10,17H2,1-2H3. The van der Waals surface area contributed by atoms with Crippen LogP contribution in [-0.4, -0.2) is 29.0 Å². The van der Waals surface area contributed by atoms with Gasteiger partial charge in [-0.1, -0.05) is 26.7 Å². The van der Waals surface area contributed by atoms with Crippen molar-refractivity contribution in [3.63, 3.8) is 0 Å². The summed E-state index contributed by atoms with van der Waals surface area (Å²) in [5.74, 6) is 1.17. The molecule has 116 valence electrons. The molecular weight excluding hydrogens is 280 g/mol. The lowest BCUT2D eigenvalue weighted by atomic mass is 9.74. The van der Waals surface area contributed by atoms with E-state index in [1.54, 1.807) is 11.3 Å². The van der Waals surface area contributed by atoms with Gasteiger partial charge in [-0.15, -0.1) is 11.3 Å². The highest BCUT2D eigenvalue weighted by Gasteiger charge is 2.32. The zero-order chi connectivity index (χ0) is 14.9. The second kappa shape index (κ2) is 5.97. The van der Waals surface area contributed by atoms with Crippen LogP contribution in [0.4, 0.5) is 5.82 Å². The molecule has 5 heteroatoms. The maximum atomic E-state index is 5.81. The number of rotatable bonds is 5. The van der Waals surface area contributed by atoms with E-state index in [-0.39, 0.29) is 0 Å². The van der Waals surface area contributed by atoms with E-state index in [0.717, 1.165) is 24.5 Å². The zero-order valence-corrected chi connectivity index (χ0v) is 14.0. The molecule has 2 aromatic rings. The molecule has 1 saturated heterocycles. The molecule has 2 N–H and O–H groups in total. The summed E-state index contributed by atoms with van der Waals surface area (Å²) in [5.41, 5.74) is 7.65. The van der Waals surface area contributed by atoms with Crippen molar-refractivity contribution in [3.05, 3.63) is 17.3 Å². The second-order valence-corrected chi connectivity index (χ2v) is 7.04. The third-order valence-electron chi connectivity index (χ3n) is 5.34. The Labute approximate surface area is 131 Å². The predicted molar refractivity (Wildman–Crippen MR) is 90.3 cm³/mol. The van der Waals surface area contributed by atoms with Gasteiger partial charge in [-0.2, -0.15) is 0 Å². The van der Waals surface area contributed by atoms with Crippen molar-refractivity contribution in [3.8, 4) is 0 Å². The van der Waals surface area contributed by atoms with Gasteiger partial charge in [0.25, 0.3) is 0 Å². The van der Waals surface area contributed by atoms with Crippen LogP contribution in [0, 0.1) is 5.41 Å². The molecule has 0 atom stereocenters. The molecule has 0 aliphatic carbocycles. The highest BCUT2D eigenvalue weighted by molar-refractivity contribution is 7.15. The summed E-state index contributed by atoms with van der Waals surface area (Å²) < 4.78 is 2.22. The Morgan fingerprint density at radius 2 is 2.00 bits per heavy atom. The lowest BCUT2D eigenvalue weighted by molar-refractivity contribution is 0.199. The number of fused-ring (bicyclic) bond motifs is 1. The van der Waals surface area contributed by atoms with Crippen molar-refractivity contribution in [1.82, 2.24) is 9.38 Å². The van der Waals surface area contributed by atoms with E-state index in [2.05, 4.69) is 34.7 Å². The molecular formula is C16H26N4S. The molecule has 0 amide bonds. The summed E-state index contributed by atoms with van der Waals surface area (Å²) in [5, 5.41) is 2.10. The van der Waals surface area contributed by atoms with Crippen LogP contribution >= 0.6 is 11.3 Å². The highest BCUT2D eigenvalue weighted by atomic mass is 32.1. The normalized spacial score (nSPS) is 18.5. The zero-order valence-electron chi connectivity index (χ0n) is 13.1. The van der Waals surface area contributed by atoms with Gasteiger partial charge < -0.3 is 10.6 Å². The van der Waals surface area contributed by atoms with E-state index >= 15 is 0 Å². The topological polar surface area (TPSA) is 46.6 Å². The van der Waals surface area contributed by atoms with E-state index in [4.69, 9.17) is 10.7 Å². The number of piperidine rings is 1. The Bertz CT molecular complexity index is 586. The first-order chi connectivity index (χ1) is 10.2. The van der Waals surface area contributed by atoms with Crippen molar-refractivity contribution in [2.75, 3.05) is 24.5 Å². The number of nitrogens with two attached hydrogens (primary N) is 1. The summed E-state index contributed by atoms with van der Waals surface area (Å²) in [6, 6.07) is 0.